The van der Waals surface area contributed by atoms with Gasteiger partial charge in [0.2, 0.25) is 0 Å². The van der Waals surface area contributed by atoms with E-state index in [1.54, 1.807) is 6.07 Å². The second-order valence-electron chi connectivity index (χ2n) is 4.48. The number of aliphatic hydroxyl groups is 1. The van der Waals surface area contributed by atoms with Crippen molar-refractivity contribution in [3.63, 3.8) is 0 Å². The van der Waals surface area contributed by atoms with Crippen LogP contribution in [0.1, 0.15) is 12.0 Å². The van der Waals surface area contributed by atoms with Gasteiger partial charge in [0.1, 0.15) is 5.82 Å². The van der Waals surface area contributed by atoms with Crippen molar-refractivity contribution in [2.75, 3.05) is 26.2 Å². The molecule has 0 aliphatic carbocycles. The van der Waals surface area contributed by atoms with E-state index in [0.29, 0.717) is 5.92 Å². The van der Waals surface area contributed by atoms with Gasteiger partial charge in [-0.1, -0.05) is 18.2 Å². The molecule has 0 spiro atoms. The molecule has 3 heteroatoms. The van der Waals surface area contributed by atoms with Crippen molar-refractivity contribution in [3.8, 4) is 0 Å². The van der Waals surface area contributed by atoms with E-state index in [4.69, 9.17) is 5.11 Å². The van der Waals surface area contributed by atoms with Crippen LogP contribution in [0.2, 0.25) is 0 Å². The molecule has 88 valence electrons. The molecule has 16 heavy (non-hydrogen) atoms. The molecule has 0 amide bonds. The SMILES string of the molecule is OCC1CCN(CCc2ccccc2F)C1. The van der Waals surface area contributed by atoms with Crippen molar-refractivity contribution < 1.29 is 9.50 Å². The van der Waals surface area contributed by atoms with E-state index in [1.807, 2.05) is 12.1 Å². The summed E-state index contributed by atoms with van der Waals surface area (Å²) in [4.78, 5) is 2.30. The van der Waals surface area contributed by atoms with Crippen LogP contribution in [0.3, 0.4) is 0 Å². The van der Waals surface area contributed by atoms with E-state index in [1.165, 1.54) is 6.07 Å². The third-order valence-corrected chi connectivity index (χ3v) is 3.28. The van der Waals surface area contributed by atoms with E-state index >= 15 is 0 Å². The standard InChI is InChI=1S/C13H18FNO/c14-13-4-2-1-3-12(13)6-8-15-7-5-11(9-15)10-16/h1-4,11,16H,5-10H2. The number of benzene rings is 1. The fourth-order valence-electron chi connectivity index (χ4n) is 2.24. The molecule has 1 fully saturated rings. The minimum Gasteiger partial charge on any atom is -0.396 e. The summed E-state index contributed by atoms with van der Waals surface area (Å²) in [6.45, 7) is 3.14. The molecule has 1 aliphatic rings. The molecule has 0 radical (unpaired) electrons. The third-order valence-electron chi connectivity index (χ3n) is 3.28. The van der Waals surface area contributed by atoms with Crippen LogP contribution in [0.15, 0.2) is 24.3 Å². The molecule has 1 aromatic rings. The second kappa shape index (κ2) is 5.41. The summed E-state index contributed by atoms with van der Waals surface area (Å²) in [6.07, 6.45) is 1.82. The summed E-state index contributed by atoms with van der Waals surface area (Å²) < 4.78 is 13.3. The van der Waals surface area contributed by atoms with Crippen LogP contribution in [0.4, 0.5) is 4.39 Å². The Kier molecular flexibility index (Phi) is 3.91. The Morgan fingerprint density at radius 1 is 1.38 bits per heavy atom. The Morgan fingerprint density at radius 3 is 2.88 bits per heavy atom. The van der Waals surface area contributed by atoms with Gasteiger partial charge in [-0.2, -0.15) is 0 Å². The highest BCUT2D eigenvalue weighted by atomic mass is 19.1. The van der Waals surface area contributed by atoms with Gasteiger partial charge in [0, 0.05) is 19.7 Å². The molecule has 0 aromatic heterocycles. The number of halogens is 1. The molecule has 1 unspecified atom stereocenters. The topological polar surface area (TPSA) is 23.5 Å². The van der Waals surface area contributed by atoms with Gasteiger partial charge in [0.25, 0.3) is 0 Å². The minimum absolute atomic E-state index is 0.111. The molecule has 1 heterocycles. The lowest BCUT2D eigenvalue weighted by Crippen LogP contribution is -2.24. The monoisotopic (exact) mass is 223 g/mol. The molecule has 0 bridgehead atoms. The van der Waals surface area contributed by atoms with Crippen LogP contribution < -0.4 is 0 Å². The summed E-state index contributed by atoms with van der Waals surface area (Å²) in [6, 6.07) is 6.94. The van der Waals surface area contributed by atoms with Gasteiger partial charge in [-0.05, 0) is 36.9 Å². The van der Waals surface area contributed by atoms with E-state index < -0.39 is 0 Å². The normalized spacial score (nSPS) is 21.5. The van der Waals surface area contributed by atoms with Gasteiger partial charge in [-0.3, -0.25) is 0 Å². The van der Waals surface area contributed by atoms with Gasteiger partial charge in [-0.15, -0.1) is 0 Å². The van der Waals surface area contributed by atoms with Gasteiger partial charge in [-0.25, -0.2) is 4.39 Å². The first-order valence-corrected chi connectivity index (χ1v) is 5.86. The van der Waals surface area contributed by atoms with Crippen molar-refractivity contribution in [1.29, 1.82) is 0 Å². The molecule has 2 nitrogen and oxygen atoms in total. The van der Waals surface area contributed by atoms with Crippen LogP contribution in [0.5, 0.6) is 0 Å². The Hall–Kier alpha value is -0.930. The predicted molar refractivity (Wildman–Crippen MR) is 61.7 cm³/mol. The fourth-order valence-corrected chi connectivity index (χ4v) is 2.24. The average molecular weight is 223 g/mol. The second-order valence-corrected chi connectivity index (χ2v) is 4.48. The summed E-state index contributed by atoms with van der Waals surface area (Å²) in [5, 5.41) is 9.03. The highest BCUT2D eigenvalue weighted by Crippen LogP contribution is 2.16. The van der Waals surface area contributed by atoms with Crippen molar-refractivity contribution in [3.05, 3.63) is 35.6 Å². The van der Waals surface area contributed by atoms with Crippen LogP contribution in [0, 0.1) is 11.7 Å². The summed E-state index contributed by atoms with van der Waals surface area (Å²) in [7, 11) is 0. The van der Waals surface area contributed by atoms with Crippen molar-refractivity contribution in [1.82, 2.24) is 4.90 Å². The molecule has 1 aromatic carbocycles. The Labute approximate surface area is 95.7 Å². The molecule has 1 aliphatic heterocycles. The molecule has 1 saturated heterocycles. The molecule has 1 N–H and O–H groups in total. The zero-order valence-corrected chi connectivity index (χ0v) is 9.40. The number of likely N-dealkylation sites (tertiary alicyclic amines) is 1. The van der Waals surface area contributed by atoms with Crippen LogP contribution in [-0.4, -0.2) is 36.2 Å². The maximum atomic E-state index is 13.3. The van der Waals surface area contributed by atoms with E-state index in [2.05, 4.69) is 4.90 Å². The van der Waals surface area contributed by atoms with E-state index in [0.717, 1.165) is 38.0 Å². The van der Waals surface area contributed by atoms with Crippen molar-refractivity contribution in [2.24, 2.45) is 5.92 Å². The number of hydrogen-bond acceptors (Lipinski definition) is 2. The third kappa shape index (κ3) is 2.80. The number of nitrogens with zero attached hydrogens (tertiary/aromatic N) is 1. The van der Waals surface area contributed by atoms with Gasteiger partial charge in [0.15, 0.2) is 0 Å². The minimum atomic E-state index is -0.111. The molecular formula is C13H18FNO. The highest BCUT2D eigenvalue weighted by Gasteiger charge is 2.21. The van der Waals surface area contributed by atoms with Crippen LogP contribution >= 0.6 is 0 Å². The van der Waals surface area contributed by atoms with Gasteiger partial charge >= 0.3 is 0 Å². The maximum Gasteiger partial charge on any atom is 0.126 e. The first-order valence-electron chi connectivity index (χ1n) is 5.86. The van der Waals surface area contributed by atoms with Gasteiger partial charge < -0.3 is 10.0 Å². The smallest absolute Gasteiger partial charge is 0.126 e. The lowest BCUT2D eigenvalue weighted by Gasteiger charge is -2.15. The summed E-state index contributed by atoms with van der Waals surface area (Å²) in [5.41, 5.74) is 0.787. The van der Waals surface area contributed by atoms with Crippen LogP contribution in [0.25, 0.3) is 0 Å². The molecule has 2 rings (SSSR count). The quantitative estimate of drug-likeness (QED) is 0.839. The number of aliphatic hydroxyl groups excluding tert-OH is 1. The Bertz CT molecular complexity index is 342. The summed E-state index contributed by atoms with van der Waals surface area (Å²) in [5.74, 6) is 0.307. The zero-order valence-electron chi connectivity index (χ0n) is 9.40. The van der Waals surface area contributed by atoms with E-state index in [-0.39, 0.29) is 12.4 Å². The fraction of sp³-hybridized carbons (Fsp3) is 0.538. The highest BCUT2D eigenvalue weighted by molar-refractivity contribution is 5.17. The maximum absolute atomic E-state index is 13.3. The Balaban J connectivity index is 1.82. The van der Waals surface area contributed by atoms with Crippen molar-refractivity contribution in [2.45, 2.75) is 12.8 Å². The number of rotatable bonds is 4. The van der Waals surface area contributed by atoms with Crippen LogP contribution in [-0.2, 0) is 6.42 Å². The zero-order chi connectivity index (χ0) is 11.4. The van der Waals surface area contributed by atoms with Crippen molar-refractivity contribution >= 4 is 0 Å². The lowest BCUT2D eigenvalue weighted by molar-refractivity contribution is 0.222. The Morgan fingerprint density at radius 2 is 2.19 bits per heavy atom. The summed E-state index contributed by atoms with van der Waals surface area (Å²) >= 11 is 0. The molecular weight excluding hydrogens is 205 g/mol. The largest absolute Gasteiger partial charge is 0.396 e. The van der Waals surface area contributed by atoms with Gasteiger partial charge in [0.05, 0.1) is 0 Å². The molecule has 0 saturated carbocycles. The first kappa shape index (κ1) is 11.6. The lowest BCUT2D eigenvalue weighted by atomic mass is 10.1. The number of hydrogen-bond donors (Lipinski definition) is 1. The first-order chi connectivity index (χ1) is 7.79. The average Bonchev–Trinajstić information content (AvgIpc) is 2.76. The van der Waals surface area contributed by atoms with E-state index in [9.17, 15) is 4.39 Å². The predicted octanol–water partition coefficient (Wildman–Crippen LogP) is 1.68. The molecule has 1 atom stereocenters.